The Kier molecular flexibility index (Phi) is 5.40. The van der Waals surface area contributed by atoms with Gasteiger partial charge in [-0.15, -0.1) is 0 Å². The fraction of sp³-hybridized carbons (Fsp3) is 0.385. The Morgan fingerprint density at radius 3 is 2.55 bits per heavy atom. The van der Waals surface area contributed by atoms with E-state index in [2.05, 4.69) is 0 Å². The van der Waals surface area contributed by atoms with Crippen LogP contribution in [-0.2, 0) is 26.0 Å². The first kappa shape index (κ1) is 21.9. The first-order valence-electron chi connectivity index (χ1n) is 11.6. The van der Waals surface area contributed by atoms with E-state index in [1.807, 2.05) is 43.0 Å². The summed E-state index contributed by atoms with van der Waals surface area (Å²) in [6.45, 7) is 4.45. The first-order valence-corrected chi connectivity index (χ1v) is 13.0. The number of aryl methyl sites for hydroxylation is 1. The molecule has 0 saturated carbocycles. The SMILES string of the molecule is CC[C@@H](C=O)[C@@H]1CC(=O)N2CCc3c(n(S(=O)(=O)c4ccc(C)cc4)c4ccccc34)[C@@H]2C1. The zero-order valence-electron chi connectivity index (χ0n) is 18.9. The number of amides is 1. The highest BCUT2D eigenvalue weighted by Crippen LogP contribution is 2.46. The van der Waals surface area contributed by atoms with Gasteiger partial charge in [0.05, 0.1) is 22.1 Å². The van der Waals surface area contributed by atoms with E-state index in [-0.39, 0.29) is 28.7 Å². The quantitative estimate of drug-likeness (QED) is 0.529. The lowest BCUT2D eigenvalue weighted by Gasteiger charge is -2.43. The second-order valence-corrected chi connectivity index (χ2v) is 11.0. The summed E-state index contributed by atoms with van der Waals surface area (Å²) in [5.41, 5.74) is 3.30. The van der Waals surface area contributed by atoms with E-state index in [1.165, 1.54) is 3.97 Å². The maximum Gasteiger partial charge on any atom is 0.268 e. The molecule has 1 saturated heterocycles. The topological polar surface area (TPSA) is 76.5 Å². The number of carbonyl (C=O) groups is 2. The van der Waals surface area contributed by atoms with E-state index < -0.39 is 10.0 Å². The fourth-order valence-electron chi connectivity index (χ4n) is 5.62. The molecule has 7 heteroatoms. The van der Waals surface area contributed by atoms with Gasteiger partial charge in [-0.3, -0.25) is 4.79 Å². The molecule has 2 aromatic carbocycles. The van der Waals surface area contributed by atoms with Gasteiger partial charge in [-0.25, -0.2) is 12.4 Å². The molecule has 172 valence electrons. The summed E-state index contributed by atoms with van der Waals surface area (Å²) >= 11 is 0. The third-order valence-electron chi connectivity index (χ3n) is 7.36. The third-order valence-corrected chi connectivity index (χ3v) is 9.11. The van der Waals surface area contributed by atoms with Crippen molar-refractivity contribution in [2.45, 2.75) is 50.5 Å². The van der Waals surface area contributed by atoms with Crippen LogP contribution in [0, 0.1) is 18.8 Å². The Balaban J connectivity index is 1.74. The van der Waals surface area contributed by atoms with Crippen LogP contribution in [0.1, 0.15) is 49.0 Å². The van der Waals surface area contributed by atoms with Crippen molar-refractivity contribution in [2.75, 3.05) is 6.54 Å². The normalized spacial score (nSPS) is 21.5. The van der Waals surface area contributed by atoms with E-state index in [4.69, 9.17) is 0 Å². The Labute approximate surface area is 194 Å². The predicted molar refractivity (Wildman–Crippen MR) is 126 cm³/mol. The van der Waals surface area contributed by atoms with Gasteiger partial charge in [0.2, 0.25) is 5.91 Å². The first-order chi connectivity index (χ1) is 15.9. The lowest BCUT2D eigenvalue weighted by Crippen LogP contribution is -2.47. The number of fused-ring (bicyclic) bond motifs is 5. The molecule has 3 atom stereocenters. The van der Waals surface area contributed by atoms with E-state index in [9.17, 15) is 18.0 Å². The second kappa shape index (κ2) is 8.13. The second-order valence-electron chi connectivity index (χ2n) is 9.22. The molecule has 6 nitrogen and oxygen atoms in total. The average Bonchev–Trinajstić information content (AvgIpc) is 3.16. The van der Waals surface area contributed by atoms with Crippen molar-refractivity contribution in [2.24, 2.45) is 11.8 Å². The van der Waals surface area contributed by atoms with E-state index >= 15 is 0 Å². The molecule has 0 N–H and O–H groups in total. The van der Waals surface area contributed by atoms with Crippen molar-refractivity contribution in [1.29, 1.82) is 0 Å². The number of rotatable bonds is 5. The van der Waals surface area contributed by atoms with E-state index in [0.29, 0.717) is 43.4 Å². The van der Waals surface area contributed by atoms with Crippen molar-refractivity contribution >= 4 is 33.1 Å². The summed E-state index contributed by atoms with van der Waals surface area (Å²) in [4.78, 5) is 26.9. The van der Waals surface area contributed by atoms with Gasteiger partial charge in [0.1, 0.15) is 6.29 Å². The summed E-state index contributed by atoms with van der Waals surface area (Å²) in [5, 5.41) is 0.917. The number of aldehydes is 1. The van der Waals surface area contributed by atoms with Crippen LogP contribution in [0.25, 0.3) is 10.9 Å². The lowest BCUT2D eigenvalue weighted by molar-refractivity contribution is -0.141. The third kappa shape index (κ3) is 3.41. The lowest BCUT2D eigenvalue weighted by atomic mass is 9.77. The van der Waals surface area contributed by atoms with Gasteiger partial charge in [-0.1, -0.05) is 42.8 Å². The number of aromatic nitrogens is 1. The number of carbonyl (C=O) groups excluding carboxylic acids is 2. The molecule has 1 amide bonds. The molecule has 0 bridgehead atoms. The van der Waals surface area contributed by atoms with Crippen LogP contribution >= 0.6 is 0 Å². The molecule has 5 rings (SSSR count). The van der Waals surface area contributed by atoms with E-state index in [1.54, 1.807) is 24.3 Å². The zero-order chi connectivity index (χ0) is 23.3. The van der Waals surface area contributed by atoms with Crippen LogP contribution in [0.15, 0.2) is 53.4 Å². The number of piperidine rings is 1. The van der Waals surface area contributed by atoms with E-state index in [0.717, 1.165) is 22.8 Å². The molecule has 1 fully saturated rings. The van der Waals surface area contributed by atoms with Crippen molar-refractivity contribution in [1.82, 2.24) is 8.87 Å². The van der Waals surface area contributed by atoms with Crippen LogP contribution < -0.4 is 0 Å². The molecule has 1 aromatic heterocycles. The largest absolute Gasteiger partial charge is 0.334 e. The molecule has 33 heavy (non-hydrogen) atoms. The number of nitrogens with zero attached hydrogens (tertiary/aromatic N) is 2. The molecule has 2 aliphatic heterocycles. The molecule has 3 heterocycles. The highest BCUT2D eigenvalue weighted by atomic mass is 32.2. The van der Waals surface area contributed by atoms with Gasteiger partial charge < -0.3 is 9.69 Å². The summed E-state index contributed by atoms with van der Waals surface area (Å²) in [6.07, 6.45) is 3.18. The molecular formula is C26H28N2O4S. The monoisotopic (exact) mass is 464 g/mol. The van der Waals surface area contributed by atoms with Gasteiger partial charge >= 0.3 is 0 Å². The van der Waals surface area contributed by atoms with Crippen LogP contribution in [0.4, 0.5) is 0 Å². The predicted octanol–water partition coefficient (Wildman–Crippen LogP) is 4.25. The average molecular weight is 465 g/mol. The minimum absolute atomic E-state index is 0.00624. The van der Waals surface area contributed by atoms with Crippen molar-refractivity contribution < 1.29 is 18.0 Å². The van der Waals surface area contributed by atoms with Gasteiger partial charge in [0.15, 0.2) is 0 Å². The van der Waals surface area contributed by atoms with Crippen molar-refractivity contribution in [3.63, 3.8) is 0 Å². The van der Waals surface area contributed by atoms with Crippen LogP contribution in [-0.4, -0.2) is 36.0 Å². The Hall–Kier alpha value is -2.93. The standard InChI is InChI=1S/C26H28N2O4S/c1-3-18(16-29)19-14-24-26-22(12-13-27(24)25(30)15-19)21-6-4-5-7-23(21)28(26)33(31,32)20-10-8-17(2)9-11-20/h4-11,16,18-19,24H,3,12-15H2,1-2H3/t18-,19-,24-/m0/s1. The minimum atomic E-state index is -3.89. The molecule has 0 aliphatic carbocycles. The Bertz CT molecular complexity index is 1340. The molecule has 0 radical (unpaired) electrons. The maximum absolute atomic E-state index is 14.0. The fourth-order valence-corrected chi connectivity index (χ4v) is 7.22. The smallest absolute Gasteiger partial charge is 0.268 e. The van der Waals surface area contributed by atoms with Crippen molar-refractivity contribution in [3.05, 3.63) is 65.4 Å². The number of hydrogen-bond donors (Lipinski definition) is 0. The highest BCUT2D eigenvalue weighted by molar-refractivity contribution is 7.90. The molecule has 0 unspecified atom stereocenters. The number of para-hydroxylation sites is 1. The van der Waals surface area contributed by atoms with Gasteiger partial charge in [0, 0.05) is 24.3 Å². The van der Waals surface area contributed by atoms with Gasteiger partial charge in [0.25, 0.3) is 10.0 Å². The summed E-state index contributed by atoms with van der Waals surface area (Å²) in [7, 11) is -3.89. The molecule has 2 aliphatic rings. The van der Waals surface area contributed by atoms with Crippen molar-refractivity contribution in [3.8, 4) is 0 Å². The Morgan fingerprint density at radius 1 is 1.12 bits per heavy atom. The number of hydrogen-bond acceptors (Lipinski definition) is 4. The van der Waals surface area contributed by atoms with Crippen LogP contribution in [0.5, 0.6) is 0 Å². The summed E-state index contributed by atoms with van der Waals surface area (Å²) in [6, 6.07) is 14.1. The van der Waals surface area contributed by atoms with Crippen LogP contribution in [0.3, 0.4) is 0 Å². The number of benzene rings is 2. The highest BCUT2D eigenvalue weighted by Gasteiger charge is 2.44. The van der Waals surface area contributed by atoms with Gasteiger partial charge in [-0.05, 0) is 55.9 Å². The summed E-state index contributed by atoms with van der Waals surface area (Å²) < 4.78 is 29.4. The van der Waals surface area contributed by atoms with Crippen LogP contribution in [0.2, 0.25) is 0 Å². The molecular weight excluding hydrogens is 436 g/mol. The maximum atomic E-state index is 14.0. The van der Waals surface area contributed by atoms with Gasteiger partial charge in [-0.2, -0.15) is 0 Å². The zero-order valence-corrected chi connectivity index (χ0v) is 19.7. The minimum Gasteiger partial charge on any atom is -0.334 e. The summed E-state index contributed by atoms with van der Waals surface area (Å²) in [5.74, 6) is -0.277. The Morgan fingerprint density at radius 2 is 1.85 bits per heavy atom. The molecule has 0 spiro atoms. The molecule has 3 aromatic rings.